The van der Waals surface area contributed by atoms with Gasteiger partial charge in [0.1, 0.15) is 36.2 Å². The van der Waals surface area contributed by atoms with E-state index in [2.05, 4.69) is 15.9 Å². The summed E-state index contributed by atoms with van der Waals surface area (Å²) < 4.78 is 23.3. The Hall–Kier alpha value is -5.38. The lowest BCUT2D eigenvalue weighted by Gasteiger charge is -2.27. The average molecular weight is 655 g/mol. The van der Waals surface area contributed by atoms with Gasteiger partial charge in [0, 0.05) is 48.6 Å². The molecule has 0 amide bonds. The fraction of sp³-hybridized carbons (Fsp3) is 0.316. The van der Waals surface area contributed by atoms with Crippen molar-refractivity contribution in [1.82, 2.24) is 0 Å². The summed E-state index contributed by atoms with van der Waals surface area (Å²) in [4.78, 5) is 28.7. The van der Waals surface area contributed by atoms with Crippen LogP contribution in [0.4, 0.5) is 11.4 Å². The van der Waals surface area contributed by atoms with Gasteiger partial charge >= 0.3 is 0 Å². The van der Waals surface area contributed by atoms with Gasteiger partial charge in [0.2, 0.25) is 0 Å². The summed E-state index contributed by atoms with van der Waals surface area (Å²) >= 11 is 0. The van der Waals surface area contributed by atoms with Crippen molar-refractivity contribution >= 4 is 23.9 Å². The van der Waals surface area contributed by atoms with Crippen LogP contribution in [0, 0.1) is 0 Å². The van der Waals surface area contributed by atoms with Crippen LogP contribution in [0.3, 0.4) is 0 Å². The molecule has 2 fully saturated rings. The van der Waals surface area contributed by atoms with Crippen LogP contribution in [0.2, 0.25) is 0 Å². The lowest BCUT2D eigenvalue weighted by Crippen LogP contribution is -2.34. The molecule has 2 heterocycles. The maximum Gasteiger partial charge on any atom is 0.272 e. The van der Waals surface area contributed by atoms with Crippen molar-refractivity contribution in [2.24, 2.45) is 0 Å². The number of methoxy groups -OCH3 is 2. The van der Waals surface area contributed by atoms with Gasteiger partial charge in [-0.3, -0.25) is 9.59 Å². The lowest BCUT2D eigenvalue weighted by atomic mass is 9.93. The van der Waals surface area contributed by atoms with Crippen molar-refractivity contribution in [2.45, 2.75) is 37.3 Å². The molecule has 2 aliphatic heterocycles. The molecule has 0 bridgehead atoms. The summed E-state index contributed by atoms with van der Waals surface area (Å²) in [5, 5.41) is 17.2. The van der Waals surface area contributed by atoms with E-state index < -0.39 is 0 Å². The third-order valence-corrected chi connectivity index (χ3v) is 9.40. The maximum atomic E-state index is 12.4. The van der Waals surface area contributed by atoms with Crippen LogP contribution >= 0.6 is 0 Å². The largest absolute Gasteiger partial charge is 0.593 e. The van der Waals surface area contributed by atoms with E-state index >= 15 is 0 Å². The van der Waals surface area contributed by atoms with Crippen LogP contribution in [-0.4, -0.2) is 75.4 Å². The van der Waals surface area contributed by atoms with Crippen LogP contribution in [0.5, 0.6) is 34.5 Å². The van der Waals surface area contributed by atoms with Crippen LogP contribution in [0.25, 0.3) is 0 Å². The zero-order valence-electron chi connectivity index (χ0n) is 27.2. The van der Waals surface area contributed by atoms with Crippen LogP contribution in [0.15, 0.2) is 78.9 Å². The summed E-state index contributed by atoms with van der Waals surface area (Å²) in [6, 6.07) is 24.5. The fourth-order valence-electron chi connectivity index (χ4n) is 6.91. The molecule has 2 saturated heterocycles. The summed E-state index contributed by atoms with van der Waals surface area (Å²) in [5.74, 6) is 2.51. The van der Waals surface area contributed by atoms with Crippen molar-refractivity contribution in [2.75, 3.05) is 50.3 Å². The number of anilines is 2. The number of carbonyl (C=O) groups is 2. The van der Waals surface area contributed by atoms with Gasteiger partial charge in [0.05, 0.1) is 31.9 Å². The zero-order chi connectivity index (χ0) is 33.6. The standard InChI is InChI=1S/C38H40N2O8/c1-45-30-10-3-7-26(18-30)39-16-6-9-28(39)23-47-37-15-14-32(38(44)34(37)22-42)25-17-29(24-48-36-13-5-12-35(43)33(36)21-41)40(20-25)27-8-4-11-31(19-27)46-2/h3-5,7-8,10-15,18-19,21-22,25,28-29,43-44H,6,9,16-17,20,23-24H2,1-2H3/p+2/t25?,28-,29-/m0/s1. The second kappa shape index (κ2) is 14.6. The molecule has 6 rings (SSSR count). The van der Waals surface area contributed by atoms with Gasteiger partial charge < -0.3 is 39.0 Å². The third kappa shape index (κ3) is 6.69. The first-order valence-corrected chi connectivity index (χ1v) is 16.1. The van der Waals surface area contributed by atoms with E-state index in [4.69, 9.17) is 29.2 Å². The molecule has 4 N–H and O–H groups in total. The number of rotatable bonds is 13. The van der Waals surface area contributed by atoms with Gasteiger partial charge in [-0.15, -0.1) is 0 Å². The van der Waals surface area contributed by atoms with Gasteiger partial charge in [-0.1, -0.05) is 12.1 Å². The van der Waals surface area contributed by atoms with Gasteiger partial charge in [0.15, 0.2) is 23.7 Å². The Kier molecular flexibility index (Phi) is 9.89. The molecular weight excluding hydrogens is 612 g/mol. The minimum Gasteiger partial charge on any atom is -0.593 e. The molecule has 0 spiro atoms. The Morgan fingerprint density at radius 1 is 0.750 bits per heavy atom. The summed E-state index contributed by atoms with van der Waals surface area (Å²) in [5.41, 5.74) is 3.23. The Balaban J connectivity index is 1.22. The number of nitrogens with zero attached hydrogens (tertiary/aromatic N) is 2. The van der Waals surface area contributed by atoms with Gasteiger partial charge in [-0.05, 0) is 67.8 Å². The topological polar surface area (TPSA) is 123 Å². The first-order valence-electron chi connectivity index (χ1n) is 16.1. The predicted octanol–water partition coefficient (Wildman–Crippen LogP) is 5.69. The highest BCUT2D eigenvalue weighted by atomic mass is 16.5. The Labute approximate surface area is 280 Å². The molecule has 2 aliphatic rings. The van der Waals surface area contributed by atoms with Crippen molar-refractivity contribution in [1.29, 1.82) is 0 Å². The Bertz CT molecular complexity index is 1760. The first kappa shape index (κ1) is 32.6. The highest BCUT2D eigenvalue weighted by Crippen LogP contribution is 2.43. The maximum absolute atomic E-state index is 12.4. The Morgan fingerprint density at radius 3 is 2.04 bits per heavy atom. The van der Waals surface area contributed by atoms with E-state index in [0.717, 1.165) is 54.1 Å². The zero-order valence-corrected chi connectivity index (χ0v) is 27.2. The second-order valence-corrected chi connectivity index (χ2v) is 12.1. The number of ether oxygens (including phenoxy) is 4. The van der Waals surface area contributed by atoms with E-state index in [0.29, 0.717) is 37.4 Å². The molecular formula is C38H42N2O8+2. The molecule has 3 atom stereocenters. The number of aldehydes is 2. The number of hydrogen-bond acceptors (Lipinski definition) is 8. The number of hydrogen-bond donors (Lipinski definition) is 0. The normalized spacial score (nSPS) is 18.8. The minimum atomic E-state index is -0.115. The van der Waals surface area contributed by atoms with Gasteiger partial charge in [0.25, 0.3) is 11.5 Å². The van der Waals surface area contributed by atoms with E-state index in [1.807, 2.05) is 54.6 Å². The van der Waals surface area contributed by atoms with Crippen molar-refractivity contribution < 1.29 is 38.7 Å². The van der Waals surface area contributed by atoms with Crippen molar-refractivity contribution in [3.63, 3.8) is 0 Å². The minimum absolute atomic E-state index is 0.0727. The van der Waals surface area contributed by atoms with Crippen molar-refractivity contribution in [3.05, 3.63) is 95.6 Å². The predicted molar refractivity (Wildman–Crippen MR) is 186 cm³/mol. The monoisotopic (exact) mass is 654 g/mol. The number of benzene rings is 4. The van der Waals surface area contributed by atoms with E-state index in [1.165, 1.54) is 0 Å². The number of carbonyl (C=O) groups excluding carboxylic acids is 2. The molecule has 1 unspecified atom stereocenters. The smallest absolute Gasteiger partial charge is 0.272 e. The third-order valence-electron chi connectivity index (χ3n) is 9.40. The molecule has 0 saturated carbocycles. The molecule has 10 nitrogen and oxygen atoms in total. The summed E-state index contributed by atoms with van der Waals surface area (Å²) in [6.45, 7) is 2.15. The van der Waals surface area contributed by atoms with Gasteiger partial charge in [-0.2, -0.15) is 0 Å². The Morgan fingerprint density at radius 2 is 1.38 bits per heavy atom. The molecule has 10 heteroatoms. The summed E-state index contributed by atoms with van der Waals surface area (Å²) in [7, 11) is 3.29. The van der Waals surface area contributed by atoms with E-state index in [-0.39, 0.29) is 47.2 Å². The summed E-state index contributed by atoms with van der Waals surface area (Å²) in [6.07, 6.45) is 4.02. The quantitative estimate of drug-likeness (QED) is 0.133. The molecule has 250 valence electrons. The second-order valence-electron chi connectivity index (χ2n) is 12.1. The molecule has 4 aromatic carbocycles. The van der Waals surface area contributed by atoms with Crippen molar-refractivity contribution in [3.8, 4) is 34.5 Å². The average Bonchev–Trinajstić information content (AvgIpc) is 3.77. The highest BCUT2D eigenvalue weighted by molar-refractivity contribution is 5.85. The molecule has 0 aromatic heterocycles. The first-order chi connectivity index (χ1) is 23.4. The lowest BCUT2D eigenvalue weighted by molar-refractivity contribution is 0.110. The van der Waals surface area contributed by atoms with Crippen LogP contribution in [-0.2, 0) is 0 Å². The van der Waals surface area contributed by atoms with E-state index in [1.54, 1.807) is 32.4 Å². The fourth-order valence-corrected chi connectivity index (χ4v) is 6.91. The van der Waals surface area contributed by atoms with E-state index in [9.17, 15) is 9.59 Å². The highest BCUT2D eigenvalue weighted by Gasteiger charge is 2.37. The molecule has 4 aromatic rings. The van der Waals surface area contributed by atoms with Gasteiger partial charge in [-0.25, -0.2) is 0 Å². The van der Waals surface area contributed by atoms with Crippen LogP contribution < -0.4 is 28.7 Å². The molecule has 0 aliphatic carbocycles. The SMILES string of the molecule is COc1cccc(N2CCC[C@H]2COc2ccc(C3C[C@@H](COc4cccc([OH2+])c4C=O)N(c4cccc(OC)c4)C3)c([OH2+])c2C=O)c1. The molecule has 0 radical (unpaired) electrons. The molecule has 48 heavy (non-hydrogen) atoms. The van der Waals surface area contributed by atoms with Crippen LogP contribution in [0.1, 0.15) is 51.5 Å².